The summed E-state index contributed by atoms with van der Waals surface area (Å²) in [7, 11) is 0. The van der Waals surface area contributed by atoms with Crippen LogP contribution >= 0.6 is 0 Å². The topological polar surface area (TPSA) is 81.4 Å². The van der Waals surface area contributed by atoms with Crippen molar-refractivity contribution in [3.8, 4) is 11.3 Å². The number of nitrogens with one attached hydrogen (secondary N) is 1. The number of esters is 1. The van der Waals surface area contributed by atoms with E-state index in [1.807, 2.05) is 31.2 Å². The van der Waals surface area contributed by atoms with Crippen molar-refractivity contribution in [3.05, 3.63) is 71.8 Å². The highest BCUT2D eigenvalue weighted by atomic mass is 19.1. The Morgan fingerprint density at radius 3 is 2.66 bits per heavy atom. The van der Waals surface area contributed by atoms with Gasteiger partial charge in [-0.1, -0.05) is 29.8 Å². The van der Waals surface area contributed by atoms with Crippen LogP contribution in [0.1, 0.15) is 17.9 Å². The van der Waals surface area contributed by atoms with Crippen LogP contribution in [0.3, 0.4) is 0 Å². The van der Waals surface area contributed by atoms with Crippen LogP contribution in [0.4, 0.5) is 14.5 Å². The number of anilines is 1. The van der Waals surface area contributed by atoms with Crippen molar-refractivity contribution < 1.29 is 27.5 Å². The number of aromatic nitrogens is 1. The zero-order valence-corrected chi connectivity index (χ0v) is 15.6. The van der Waals surface area contributed by atoms with Gasteiger partial charge in [-0.3, -0.25) is 9.59 Å². The minimum Gasteiger partial charge on any atom is -0.456 e. The molecule has 1 aromatic heterocycles. The molecular formula is C21H18F2N2O4. The molecule has 150 valence electrons. The lowest BCUT2D eigenvalue weighted by Gasteiger charge is -2.07. The number of carbonyl (C=O) groups excluding carboxylic acids is 2. The van der Waals surface area contributed by atoms with Crippen LogP contribution in [0.2, 0.25) is 0 Å². The van der Waals surface area contributed by atoms with Gasteiger partial charge >= 0.3 is 5.97 Å². The van der Waals surface area contributed by atoms with E-state index in [0.717, 1.165) is 29.3 Å². The van der Waals surface area contributed by atoms with Crippen molar-refractivity contribution >= 4 is 17.6 Å². The third-order valence-corrected chi connectivity index (χ3v) is 4.00. The van der Waals surface area contributed by atoms with Gasteiger partial charge in [-0.05, 0) is 19.1 Å². The number of hydrogen-bond donors (Lipinski definition) is 1. The number of halogens is 2. The second kappa shape index (κ2) is 9.09. The Bertz CT molecular complexity index is 1020. The monoisotopic (exact) mass is 400 g/mol. The predicted molar refractivity (Wildman–Crippen MR) is 101 cm³/mol. The van der Waals surface area contributed by atoms with Gasteiger partial charge in [0.1, 0.15) is 11.6 Å². The Balaban J connectivity index is 1.45. The van der Waals surface area contributed by atoms with E-state index in [9.17, 15) is 18.4 Å². The van der Waals surface area contributed by atoms with Crippen LogP contribution in [0, 0.1) is 18.6 Å². The molecule has 0 radical (unpaired) electrons. The molecule has 8 heteroatoms. The average Bonchev–Trinajstić information content (AvgIpc) is 3.17. The SMILES string of the molecule is Cc1ccc(-c2cnc(CCC(=O)OCC(=O)Nc3cc(F)ccc3F)o2)cc1. The lowest BCUT2D eigenvalue weighted by Crippen LogP contribution is -2.21. The van der Waals surface area contributed by atoms with Crippen molar-refractivity contribution in [1.29, 1.82) is 0 Å². The summed E-state index contributed by atoms with van der Waals surface area (Å²) in [6, 6.07) is 10.4. The second-order valence-corrected chi connectivity index (χ2v) is 6.32. The minimum absolute atomic E-state index is 0.0462. The molecule has 0 aliphatic carbocycles. The Hall–Kier alpha value is -3.55. The highest BCUT2D eigenvalue weighted by Crippen LogP contribution is 2.21. The average molecular weight is 400 g/mol. The number of hydrogen-bond acceptors (Lipinski definition) is 5. The maximum absolute atomic E-state index is 13.5. The molecule has 1 heterocycles. The fourth-order valence-electron chi connectivity index (χ4n) is 2.48. The molecule has 0 spiro atoms. The molecule has 1 amide bonds. The molecule has 29 heavy (non-hydrogen) atoms. The summed E-state index contributed by atoms with van der Waals surface area (Å²) in [5.41, 5.74) is 1.67. The van der Waals surface area contributed by atoms with Crippen LogP contribution in [-0.2, 0) is 20.7 Å². The van der Waals surface area contributed by atoms with Crippen LogP contribution in [-0.4, -0.2) is 23.5 Å². The quantitative estimate of drug-likeness (QED) is 0.606. The molecule has 0 saturated heterocycles. The molecule has 6 nitrogen and oxygen atoms in total. The van der Waals surface area contributed by atoms with Crippen LogP contribution in [0.25, 0.3) is 11.3 Å². The first-order valence-electron chi connectivity index (χ1n) is 8.83. The molecule has 3 rings (SSSR count). The van der Waals surface area contributed by atoms with Crippen LogP contribution in [0.15, 0.2) is 53.1 Å². The van der Waals surface area contributed by atoms with E-state index in [1.54, 1.807) is 6.20 Å². The number of amides is 1. The lowest BCUT2D eigenvalue weighted by molar-refractivity contribution is -0.147. The fraction of sp³-hybridized carbons (Fsp3) is 0.190. The molecule has 0 saturated carbocycles. The largest absolute Gasteiger partial charge is 0.456 e. The van der Waals surface area contributed by atoms with Crippen molar-refractivity contribution in [3.63, 3.8) is 0 Å². The maximum atomic E-state index is 13.5. The highest BCUT2D eigenvalue weighted by molar-refractivity contribution is 5.92. The van der Waals surface area contributed by atoms with E-state index in [2.05, 4.69) is 10.3 Å². The minimum atomic E-state index is -0.792. The first-order chi connectivity index (χ1) is 13.9. The Kier molecular flexibility index (Phi) is 6.33. The van der Waals surface area contributed by atoms with Crippen LogP contribution in [0.5, 0.6) is 0 Å². The Morgan fingerprint density at radius 1 is 1.14 bits per heavy atom. The Labute approximate surface area is 165 Å². The second-order valence-electron chi connectivity index (χ2n) is 6.32. The standard InChI is InChI=1S/C21H18F2N2O4/c1-13-2-4-14(5-3-13)18-11-24-20(29-18)8-9-21(27)28-12-19(26)25-17-10-15(22)6-7-16(17)23/h2-7,10-11H,8-9,12H2,1H3,(H,25,26). The predicted octanol–water partition coefficient (Wildman–Crippen LogP) is 4.04. The number of rotatable bonds is 7. The number of carbonyl (C=O) groups is 2. The summed E-state index contributed by atoms with van der Waals surface area (Å²) in [5.74, 6) is -1.96. The van der Waals surface area contributed by atoms with Crippen molar-refractivity contribution in [2.75, 3.05) is 11.9 Å². The molecule has 0 unspecified atom stereocenters. The molecule has 1 N–H and O–H groups in total. The molecule has 0 bridgehead atoms. The van der Waals surface area contributed by atoms with Gasteiger partial charge in [0.05, 0.1) is 18.3 Å². The van der Waals surface area contributed by atoms with Gasteiger partial charge in [0.25, 0.3) is 5.91 Å². The van der Waals surface area contributed by atoms with E-state index in [4.69, 9.17) is 9.15 Å². The normalized spacial score (nSPS) is 10.6. The summed E-state index contributed by atoms with van der Waals surface area (Å²) in [6.45, 7) is 1.37. The van der Waals surface area contributed by atoms with Crippen molar-refractivity contribution in [2.24, 2.45) is 0 Å². The third kappa shape index (κ3) is 5.71. The third-order valence-electron chi connectivity index (χ3n) is 4.00. The highest BCUT2D eigenvalue weighted by Gasteiger charge is 2.13. The maximum Gasteiger partial charge on any atom is 0.306 e. The smallest absolute Gasteiger partial charge is 0.306 e. The summed E-state index contributed by atoms with van der Waals surface area (Å²) in [4.78, 5) is 27.7. The fourth-order valence-corrected chi connectivity index (χ4v) is 2.48. The van der Waals surface area contributed by atoms with E-state index in [1.165, 1.54) is 0 Å². The zero-order chi connectivity index (χ0) is 20.8. The van der Waals surface area contributed by atoms with Crippen molar-refractivity contribution in [2.45, 2.75) is 19.8 Å². The van der Waals surface area contributed by atoms with E-state index in [0.29, 0.717) is 11.7 Å². The van der Waals surface area contributed by atoms with Gasteiger partial charge in [-0.15, -0.1) is 0 Å². The summed E-state index contributed by atoms with van der Waals surface area (Å²) >= 11 is 0. The molecule has 0 atom stereocenters. The van der Waals surface area contributed by atoms with Crippen LogP contribution < -0.4 is 5.32 Å². The molecule has 0 aliphatic heterocycles. The number of aryl methyl sites for hydroxylation is 2. The van der Waals surface area contributed by atoms with Crippen molar-refractivity contribution in [1.82, 2.24) is 4.98 Å². The molecular weight excluding hydrogens is 382 g/mol. The number of oxazole rings is 1. The molecule has 3 aromatic rings. The van der Waals surface area contributed by atoms with E-state index >= 15 is 0 Å². The first-order valence-corrected chi connectivity index (χ1v) is 8.83. The van der Waals surface area contributed by atoms with Gasteiger partial charge in [0, 0.05) is 18.1 Å². The number of ether oxygens (including phenoxy) is 1. The van der Waals surface area contributed by atoms with Gasteiger partial charge in [0.2, 0.25) is 0 Å². The van der Waals surface area contributed by atoms with Gasteiger partial charge in [0.15, 0.2) is 18.3 Å². The zero-order valence-electron chi connectivity index (χ0n) is 15.6. The number of benzene rings is 2. The number of nitrogens with zero attached hydrogens (tertiary/aromatic N) is 1. The van der Waals surface area contributed by atoms with Gasteiger partial charge < -0.3 is 14.5 Å². The van der Waals surface area contributed by atoms with Gasteiger partial charge in [-0.2, -0.15) is 0 Å². The lowest BCUT2D eigenvalue weighted by atomic mass is 10.1. The summed E-state index contributed by atoms with van der Waals surface area (Å²) in [6.07, 6.45) is 1.73. The van der Waals surface area contributed by atoms with E-state index < -0.39 is 30.1 Å². The molecule has 0 fully saturated rings. The summed E-state index contributed by atoms with van der Waals surface area (Å²) < 4.78 is 37.0. The van der Waals surface area contributed by atoms with E-state index in [-0.39, 0.29) is 18.5 Å². The Morgan fingerprint density at radius 2 is 1.90 bits per heavy atom. The van der Waals surface area contributed by atoms with Gasteiger partial charge in [-0.25, -0.2) is 13.8 Å². The molecule has 2 aromatic carbocycles. The first kappa shape index (κ1) is 20.2. The summed E-state index contributed by atoms with van der Waals surface area (Å²) in [5, 5.41) is 2.14. The molecule has 0 aliphatic rings.